The van der Waals surface area contributed by atoms with E-state index in [9.17, 15) is 0 Å². The third-order valence-corrected chi connectivity index (χ3v) is 6.94. The third-order valence-electron chi connectivity index (χ3n) is 6.94. The highest BCUT2D eigenvalue weighted by Gasteiger charge is 2.31. The van der Waals surface area contributed by atoms with Gasteiger partial charge in [-0.1, -0.05) is 67.0 Å². The zero-order valence-electron chi connectivity index (χ0n) is 37.7. The van der Waals surface area contributed by atoms with Crippen molar-refractivity contribution < 1.29 is 1.43 Å². The molecule has 0 aromatic heterocycles. The average molecular weight is 774 g/mol. The van der Waals surface area contributed by atoms with Crippen LogP contribution in [0, 0.1) is 158 Å². The molecule has 10 radical (unpaired) electrons. The zero-order valence-corrected chi connectivity index (χ0v) is 36.7. The van der Waals surface area contributed by atoms with E-state index in [2.05, 4.69) is 49.6 Å². The summed E-state index contributed by atoms with van der Waals surface area (Å²) in [5, 5.41) is 83.9. The quantitative estimate of drug-likeness (QED) is 0.145. The molecule has 0 aliphatic rings. The minimum absolute atomic E-state index is 0. The van der Waals surface area contributed by atoms with Gasteiger partial charge in [0.1, 0.15) is 0 Å². The predicted molar refractivity (Wildman–Crippen MR) is 244 cm³/mol. The van der Waals surface area contributed by atoms with Gasteiger partial charge in [-0.25, -0.2) is 0 Å². The molecule has 6 atom stereocenters. The van der Waals surface area contributed by atoms with Crippen LogP contribution in [0.4, 0.5) is 0 Å². The van der Waals surface area contributed by atoms with Gasteiger partial charge < -0.3 is 0 Å². The minimum atomic E-state index is -0.570. The molecule has 0 aromatic rings. The maximum absolute atomic E-state index is 8.80. The first-order chi connectivity index (χ1) is 26.0. The highest BCUT2D eigenvalue weighted by Crippen LogP contribution is 2.36. The van der Waals surface area contributed by atoms with E-state index in [1.807, 2.05) is 52.0 Å². The van der Waals surface area contributed by atoms with Crippen LogP contribution in [-0.2, 0) is 0 Å². The minimum Gasteiger partial charge on any atom is -0.198 e. The van der Waals surface area contributed by atoms with Crippen LogP contribution in [0.2, 0.25) is 31.6 Å². The van der Waals surface area contributed by atoms with E-state index >= 15 is 0 Å². The van der Waals surface area contributed by atoms with Crippen molar-refractivity contribution in [2.24, 2.45) is 44.8 Å². The fourth-order valence-electron chi connectivity index (χ4n) is 3.35. The Labute approximate surface area is 364 Å². The molecule has 0 heterocycles. The van der Waals surface area contributed by atoms with Gasteiger partial charge >= 0.3 is 1.43 Å². The fourth-order valence-corrected chi connectivity index (χ4v) is 3.35. The molecule has 0 bridgehead atoms. The smallest absolute Gasteiger partial charge is 0.198 e. The van der Waals surface area contributed by atoms with Gasteiger partial charge in [-0.05, 0) is 88.5 Å². The average Bonchev–Trinajstić information content (AvgIpc) is 3.20. The summed E-state index contributed by atoms with van der Waals surface area (Å²) in [6.45, 7) is 28.0. The Hall–Kier alpha value is -5.23. The second-order valence-corrected chi connectivity index (χ2v) is 15.5. The van der Waals surface area contributed by atoms with E-state index in [0.717, 1.165) is 0 Å². The molecular formula is C42H64B6N10. The summed E-state index contributed by atoms with van der Waals surface area (Å²) < 4.78 is 0. The second-order valence-electron chi connectivity index (χ2n) is 15.5. The number of allylic oxidation sites excluding steroid dienone is 2. The Morgan fingerprint density at radius 1 is 0.483 bits per heavy atom. The van der Waals surface area contributed by atoms with Gasteiger partial charge in [0.05, 0.1) is 111 Å². The zero-order chi connectivity index (χ0) is 47.1. The first-order valence-corrected chi connectivity index (χ1v) is 17.9. The van der Waals surface area contributed by atoms with Crippen molar-refractivity contribution in [1.82, 2.24) is 0 Å². The number of hydrogen-bond acceptors (Lipinski definition) is 10. The lowest BCUT2D eigenvalue weighted by Crippen LogP contribution is -2.22. The van der Waals surface area contributed by atoms with Crippen LogP contribution >= 0.6 is 0 Å². The molecule has 0 rings (SSSR count). The second kappa shape index (κ2) is 40.0. The molecule has 0 N–H and O–H groups in total. The Balaban J connectivity index is -0.0000000724. The van der Waals surface area contributed by atoms with Gasteiger partial charge in [-0.15, -0.1) is 0 Å². The number of nitrogens with zero attached hydrogens (tertiary/aromatic N) is 10. The molecule has 0 aromatic carbocycles. The fraction of sp³-hybridized carbons (Fsp3) is 0.667. The molecule has 0 spiro atoms. The molecule has 0 saturated carbocycles. The van der Waals surface area contributed by atoms with Crippen molar-refractivity contribution in [3.05, 3.63) is 24.3 Å². The van der Waals surface area contributed by atoms with Crippen LogP contribution in [0.1, 0.15) is 104 Å². The highest BCUT2D eigenvalue weighted by atomic mass is 14.4. The van der Waals surface area contributed by atoms with Crippen LogP contribution in [0.15, 0.2) is 24.3 Å². The lowest BCUT2D eigenvalue weighted by atomic mass is 9.69. The molecule has 58 heavy (non-hydrogen) atoms. The monoisotopic (exact) mass is 775 g/mol. The summed E-state index contributed by atoms with van der Waals surface area (Å²) in [5.74, 6) is -0.0572. The lowest BCUT2D eigenvalue weighted by molar-refractivity contribution is 0.311. The van der Waals surface area contributed by atoms with Crippen molar-refractivity contribution in [3.63, 3.8) is 0 Å². The Kier molecular flexibility index (Phi) is 48.6. The summed E-state index contributed by atoms with van der Waals surface area (Å²) in [7, 11) is 26.4. The first kappa shape index (κ1) is 70.6. The summed E-state index contributed by atoms with van der Waals surface area (Å²) in [6, 6.07) is 20.4. The van der Waals surface area contributed by atoms with Gasteiger partial charge in [-0.2, -0.15) is 52.6 Å². The van der Waals surface area contributed by atoms with E-state index in [1.54, 1.807) is 55.4 Å². The lowest BCUT2D eigenvalue weighted by Gasteiger charge is -2.26. The molecule has 0 aliphatic heterocycles. The number of hydrogen-bond donors (Lipinski definition) is 0. The Morgan fingerprint density at radius 3 is 0.810 bits per heavy atom. The number of rotatable bonds is 11. The van der Waals surface area contributed by atoms with E-state index < -0.39 is 27.1 Å². The maximum Gasteiger partial charge on any atom is 1.00 e. The molecule has 16 heteroatoms. The third kappa shape index (κ3) is 50.8. The van der Waals surface area contributed by atoms with Crippen molar-refractivity contribution >= 4 is 47.6 Å². The van der Waals surface area contributed by atoms with Gasteiger partial charge in [0.25, 0.3) is 0 Å². The molecule has 0 aliphatic carbocycles. The first-order valence-electron chi connectivity index (χ1n) is 17.9. The predicted octanol–water partition coefficient (Wildman–Crippen LogP) is 8.04. The molecule has 0 saturated heterocycles. The molecule has 0 fully saturated rings. The van der Waals surface area contributed by atoms with Crippen LogP contribution in [0.3, 0.4) is 0 Å². The van der Waals surface area contributed by atoms with Crippen molar-refractivity contribution in [3.8, 4) is 60.7 Å². The van der Waals surface area contributed by atoms with Crippen LogP contribution < -0.4 is 0 Å². The van der Waals surface area contributed by atoms with Gasteiger partial charge in [-0.3, -0.25) is 0 Å². The van der Waals surface area contributed by atoms with Gasteiger partial charge in [0.15, 0.2) is 0 Å². The van der Waals surface area contributed by atoms with Gasteiger partial charge in [0.2, 0.25) is 0 Å². The molecule has 6 unspecified atom stereocenters. The summed E-state index contributed by atoms with van der Waals surface area (Å²) in [5.41, 5.74) is -1.49. The highest BCUT2D eigenvalue weighted by molar-refractivity contribution is 6.10. The molecule has 10 nitrogen and oxygen atoms in total. The van der Waals surface area contributed by atoms with Crippen molar-refractivity contribution in [1.29, 1.82) is 52.6 Å². The van der Waals surface area contributed by atoms with E-state index in [-0.39, 0.29) is 27.6 Å². The molecular weight excluding hydrogens is 709 g/mol. The van der Waals surface area contributed by atoms with Crippen LogP contribution in [-0.4, -0.2) is 47.6 Å². The SMILES string of the molecule is C=C(C)C#N.C=C(C)C#N.[BH4-].[B]CC(C)(C#N)CC(C)(C)C#N.[B]CC(C)(C#N)CC(C)(C)C#N.[B]CC(C)(C#N)CC(C)C#N.[B]CC(C)C#N.[B]CC(C)C#N.[H+]. The summed E-state index contributed by atoms with van der Waals surface area (Å²) in [4.78, 5) is 0. The maximum atomic E-state index is 8.80. The molecule has 300 valence electrons. The van der Waals surface area contributed by atoms with E-state index in [0.29, 0.717) is 62.0 Å². The van der Waals surface area contributed by atoms with Gasteiger partial charge in [0, 0.05) is 45.1 Å². The Bertz CT molecular complexity index is 1510. The van der Waals surface area contributed by atoms with Crippen molar-refractivity contribution in [2.45, 2.75) is 134 Å². The largest absolute Gasteiger partial charge is 1.00 e. The summed E-state index contributed by atoms with van der Waals surface area (Å²) in [6.07, 6.45) is 3.44. The summed E-state index contributed by atoms with van der Waals surface area (Å²) >= 11 is 0. The number of nitriles is 10. The standard InChI is InChI=1S/2C9H13BN2.C8H11BN2.2C4H6BN.2C4H5N.BH4/c2*1-8(2,6-11)4-9(3,5-10)7-12;1-7(4-10)3-8(2,5-9)6-11;2*1-4(2-5)3-6;2*1-4(2)3-5;/h2*4-5H2,1-3H3;7H,3,5H2,1-2H3;2*4H,2H2,1H3;2*1H2,2H3;1H4/q;;;;;;;-1/p+1. The Morgan fingerprint density at radius 2 is 0.707 bits per heavy atom. The van der Waals surface area contributed by atoms with E-state index in [4.69, 9.17) is 91.9 Å². The molecule has 0 amide bonds. The topological polar surface area (TPSA) is 238 Å². The van der Waals surface area contributed by atoms with Crippen LogP contribution in [0.25, 0.3) is 0 Å². The van der Waals surface area contributed by atoms with Crippen LogP contribution in [0.5, 0.6) is 0 Å². The normalized spacial score (nSPS) is 13.4. The van der Waals surface area contributed by atoms with Crippen molar-refractivity contribution in [2.75, 3.05) is 0 Å². The van der Waals surface area contributed by atoms with E-state index in [1.165, 1.54) is 0 Å².